The van der Waals surface area contributed by atoms with Crippen LogP contribution in [0.4, 0.5) is 0 Å². The minimum atomic E-state index is -0.980. The molecule has 0 aliphatic heterocycles. The smallest absolute Gasteiger partial charge is 0.305 e. The van der Waals surface area contributed by atoms with Crippen molar-refractivity contribution in [3.8, 4) is 47.4 Å². The van der Waals surface area contributed by atoms with E-state index in [9.17, 15) is 9.59 Å². The average molecular weight is 241 g/mol. The Morgan fingerprint density at radius 2 is 1.67 bits per heavy atom. The largest absolute Gasteiger partial charge is 0.481 e. The highest BCUT2D eigenvalue weighted by Crippen LogP contribution is 1.74. The van der Waals surface area contributed by atoms with Gasteiger partial charge in [-0.15, -0.1) is 0 Å². The van der Waals surface area contributed by atoms with Crippen molar-refractivity contribution in [2.75, 3.05) is 6.54 Å². The molecule has 0 rings (SSSR count). The molecule has 90 valence electrons. The van der Waals surface area contributed by atoms with Gasteiger partial charge in [0.05, 0.1) is 6.42 Å². The third-order valence-corrected chi connectivity index (χ3v) is 1.38. The maximum absolute atomic E-state index is 11.0. The van der Waals surface area contributed by atoms with Crippen molar-refractivity contribution >= 4 is 11.9 Å². The number of nitrogens with one attached hydrogen (secondary N) is 1. The van der Waals surface area contributed by atoms with Gasteiger partial charge in [0.2, 0.25) is 0 Å². The van der Waals surface area contributed by atoms with Crippen LogP contribution < -0.4 is 5.32 Å². The second kappa shape index (κ2) is 10.7. The Labute approximate surface area is 106 Å². The summed E-state index contributed by atoms with van der Waals surface area (Å²) in [6.07, 6.45) is 0.596. The zero-order chi connectivity index (χ0) is 13.6. The van der Waals surface area contributed by atoms with Crippen molar-refractivity contribution < 1.29 is 14.7 Å². The number of aliphatic carboxylic acids is 1. The van der Waals surface area contributed by atoms with Gasteiger partial charge in [0, 0.05) is 18.9 Å². The van der Waals surface area contributed by atoms with Gasteiger partial charge in [-0.05, 0) is 35.5 Å². The molecular weight excluding hydrogens is 230 g/mol. The Bertz CT molecular complexity index is 545. The number of hydrogen-bond donors (Lipinski definition) is 2. The molecule has 18 heavy (non-hydrogen) atoms. The predicted octanol–water partition coefficient (Wildman–Crippen LogP) is 0.000900. The zero-order valence-corrected chi connectivity index (χ0v) is 9.89. The summed E-state index contributed by atoms with van der Waals surface area (Å²) in [4.78, 5) is 21.1. The van der Waals surface area contributed by atoms with Crippen molar-refractivity contribution in [2.45, 2.75) is 19.8 Å². The van der Waals surface area contributed by atoms with Gasteiger partial charge in [0.25, 0.3) is 5.91 Å². The fraction of sp³-hybridized carbons (Fsp3) is 0.286. The van der Waals surface area contributed by atoms with Gasteiger partial charge in [-0.2, -0.15) is 0 Å². The molecule has 0 aromatic rings. The fourth-order valence-corrected chi connectivity index (χ4v) is 0.673. The van der Waals surface area contributed by atoms with Gasteiger partial charge in [0.15, 0.2) is 0 Å². The molecule has 0 unspecified atom stereocenters. The molecule has 1 amide bonds. The summed E-state index contributed by atoms with van der Waals surface area (Å²) < 4.78 is 0. The average Bonchev–Trinajstić information content (AvgIpc) is 2.32. The van der Waals surface area contributed by atoms with E-state index >= 15 is 0 Å². The molecule has 0 aliphatic rings. The van der Waals surface area contributed by atoms with E-state index in [4.69, 9.17) is 5.11 Å². The van der Waals surface area contributed by atoms with Crippen LogP contribution in [-0.4, -0.2) is 23.5 Å². The number of amides is 1. The summed E-state index contributed by atoms with van der Waals surface area (Å²) >= 11 is 0. The van der Waals surface area contributed by atoms with Crippen LogP contribution in [0.1, 0.15) is 19.8 Å². The first-order chi connectivity index (χ1) is 8.66. The topological polar surface area (TPSA) is 66.4 Å². The minimum absolute atomic E-state index is 0.0443. The van der Waals surface area contributed by atoms with E-state index < -0.39 is 11.9 Å². The predicted molar refractivity (Wildman–Crippen MR) is 66.7 cm³/mol. The maximum atomic E-state index is 11.0. The molecule has 4 heteroatoms. The highest BCUT2D eigenvalue weighted by molar-refractivity contribution is 5.94. The lowest BCUT2D eigenvalue weighted by molar-refractivity contribution is -0.136. The number of carbonyl (C=O) groups excluding carboxylic acids is 1. The monoisotopic (exact) mass is 241 g/mol. The van der Waals surface area contributed by atoms with Gasteiger partial charge in [0.1, 0.15) is 0 Å². The molecule has 4 nitrogen and oxygen atoms in total. The lowest BCUT2D eigenvalue weighted by Gasteiger charge is -1.94. The molecule has 0 atom stereocenters. The molecule has 0 aromatic heterocycles. The summed E-state index contributed by atoms with van der Waals surface area (Å²) in [6.45, 7) is 1.96. The van der Waals surface area contributed by atoms with Crippen molar-refractivity contribution in [1.82, 2.24) is 5.32 Å². The molecule has 0 saturated carbocycles. The Morgan fingerprint density at radius 3 is 2.28 bits per heavy atom. The number of hydrogen-bond acceptors (Lipinski definition) is 2. The standard InChI is InChI=1S/C14H11NO3/c1-2-3-4-5-6-7-8-9-10-13(16)15-12-11-14(17)18/h2,11-12H2,1H3,(H,15,16)(H,17,18). The van der Waals surface area contributed by atoms with Gasteiger partial charge >= 0.3 is 5.97 Å². The summed E-state index contributed by atoms with van der Waals surface area (Å²) in [7, 11) is 0. The minimum Gasteiger partial charge on any atom is -0.481 e. The Morgan fingerprint density at radius 1 is 1.06 bits per heavy atom. The molecule has 0 heterocycles. The van der Waals surface area contributed by atoms with Gasteiger partial charge in [-0.25, -0.2) is 0 Å². The number of rotatable bonds is 3. The second-order valence-electron chi connectivity index (χ2n) is 2.80. The Balaban J connectivity index is 4.02. The van der Waals surface area contributed by atoms with Crippen molar-refractivity contribution in [2.24, 2.45) is 0 Å². The van der Waals surface area contributed by atoms with E-state index in [2.05, 4.69) is 52.7 Å². The third-order valence-electron chi connectivity index (χ3n) is 1.38. The number of carboxylic acids is 1. The van der Waals surface area contributed by atoms with Crippen LogP contribution in [0.5, 0.6) is 0 Å². The Hall–Kier alpha value is -2.82. The highest BCUT2D eigenvalue weighted by atomic mass is 16.4. The molecule has 0 bridgehead atoms. The quantitative estimate of drug-likeness (QED) is 0.683. The molecule has 0 aromatic carbocycles. The van der Waals surface area contributed by atoms with Gasteiger partial charge in [-0.3, -0.25) is 9.59 Å². The van der Waals surface area contributed by atoms with Gasteiger partial charge < -0.3 is 10.4 Å². The van der Waals surface area contributed by atoms with E-state index in [1.165, 1.54) is 0 Å². The fourth-order valence-electron chi connectivity index (χ4n) is 0.673. The first-order valence-corrected chi connectivity index (χ1v) is 5.15. The van der Waals surface area contributed by atoms with E-state index in [0.717, 1.165) is 6.42 Å². The van der Waals surface area contributed by atoms with E-state index in [-0.39, 0.29) is 13.0 Å². The normalized spacial score (nSPS) is 6.72. The summed E-state index contributed by atoms with van der Waals surface area (Å²) in [5, 5.41) is 10.6. The number of carboxylic acid groups (broad SMARTS) is 1. The SMILES string of the molecule is CCC#CC#CC#CC#CC(=O)NCCC(=O)O. The molecular formula is C14H11NO3. The summed E-state index contributed by atoms with van der Waals surface area (Å²) in [5.41, 5.74) is 0. The van der Waals surface area contributed by atoms with Crippen LogP contribution in [0.3, 0.4) is 0 Å². The lowest BCUT2D eigenvalue weighted by atomic mass is 10.4. The van der Waals surface area contributed by atoms with Crippen LogP contribution in [-0.2, 0) is 9.59 Å². The van der Waals surface area contributed by atoms with Crippen LogP contribution >= 0.6 is 0 Å². The van der Waals surface area contributed by atoms with Crippen LogP contribution in [0.15, 0.2) is 0 Å². The van der Waals surface area contributed by atoms with E-state index in [1.807, 2.05) is 6.92 Å². The van der Waals surface area contributed by atoms with Crippen molar-refractivity contribution in [3.05, 3.63) is 0 Å². The maximum Gasteiger partial charge on any atom is 0.305 e. The lowest BCUT2D eigenvalue weighted by Crippen LogP contribution is -2.24. The molecule has 0 radical (unpaired) electrons. The summed E-state index contributed by atoms with van der Waals surface area (Å²) in [6, 6.07) is 0. The van der Waals surface area contributed by atoms with Crippen molar-refractivity contribution in [1.29, 1.82) is 0 Å². The van der Waals surface area contributed by atoms with E-state index in [1.54, 1.807) is 0 Å². The van der Waals surface area contributed by atoms with Crippen LogP contribution in [0.2, 0.25) is 0 Å². The number of carbonyl (C=O) groups is 2. The van der Waals surface area contributed by atoms with Crippen molar-refractivity contribution in [3.63, 3.8) is 0 Å². The van der Waals surface area contributed by atoms with E-state index in [0.29, 0.717) is 0 Å². The third kappa shape index (κ3) is 11.3. The first kappa shape index (κ1) is 15.2. The van der Waals surface area contributed by atoms with Crippen LogP contribution in [0.25, 0.3) is 0 Å². The molecule has 2 N–H and O–H groups in total. The molecule has 0 spiro atoms. The molecule has 0 saturated heterocycles. The van der Waals surface area contributed by atoms with Crippen LogP contribution in [0, 0.1) is 47.4 Å². The molecule has 0 fully saturated rings. The second-order valence-corrected chi connectivity index (χ2v) is 2.80. The molecule has 0 aliphatic carbocycles. The first-order valence-electron chi connectivity index (χ1n) is 5.15. The van der Waals surface area contributed by atoms with Gasteiger partial charge in [-0.1, -0.05) is 12.8 Å². The summed E-state index contributed by atoms with van der Waals surface area (Å²) in [5.74, 6) is 18.0. The Kier molecular flexibility index (Phi) is 9.01. The highest BCUT2D eigenvalue weighted by Gasteiger charge is 1.97. The zero-order valence-electron chi connectivity index (χ0n) is 9.89.